The molecule has 1 aromatic carbocycles. The highest BCUT2D eigenvalue weighted by Crippen LogP contribution is 2.13. The molecule has 0 saturated carbocycles. The van der Waals surface area contributed by atoms with E-state index in [0.717, 1.165) is 24.6 Å². The quantitative estimate of drug-likeness (QED) is 0.869. The Morgan fingerprint density at radius 2 is 1.88 bits per heavy atom. The van der Waals surface area contributed by atoms with Gasteiger partial charge < -0.3 is 10.3 Å². The normalized spacial score (nSPS) is 10.8. The highest BCUT2D eigenvalue weighted by atomic mass is 15.3. The Labute approximate surface area is 101 Å². The monoisotopic (exact) mass is 230 g/mol. The van der Waals surface area contributed by atoms with E-state index in [2.05, 4.69) is 33.8 Å². The first-order valence-corrected chi connectivity index (χ1v) is 5.91. The van der Waals surface area contributed by atoms with E-state index >= 15 is 0 Å². The van der Waals surface area contributed by atoms with Crippen LogP contribution in [-0.2, 0) is 19.5 Å². The molecule has 0 aliphatic rings. The molecule has 0 aliphatic heterocycles. The predicted molar refractivity (Wildman–Crippen MR) is 67.6 cm³/mol. The van der Waals surface area contributed by atoms with E-state index in [1.807, 2.05) is 19.1 Å². The summed E-state index contributed by atoms with van der Waals surface area (Å²) >= 11 is 0. The number of rotatable bonds is 4. The number of nitrogens with two attached hydrogens (primary N) is 1. The summed E-state index contributed by atoms with van der Waals surface area (Å²) in [7, 11) is 0. The van der Waals surface area contributed by atoms with Gasteiger partial charge in [-0.15, -0.1) is 10.2 Å². The molecule has 17 heavy (non-hydrogen) atoms. The zero-order chi connectivity index (χ0) is 12.3. The third-order valence-corrected chi connectivity index (χ3v) is 3.02. The SMILES string of the molecule is CCn1c(C)nnc1Cc1ccccc1CN. The van der Waals surface area contributed by atoms with Crippen LogP contribution in [0.5, 0.6) is 0 Å². The fourth-order valence-electron chi connectivity index (χ4n) is 2.07. The number of nitrogens with zero attached hydrogens (tertiary/aromatic N) is 3. The molecule has 0 amide bonds. The van der Waals surface area contributed by atoms with Gasteiger partial charge in [-0.1, -0.05) is 24.3 Å². The van der Waals surface area contributed by atoms with E-state index < -0.39 is 0 Å². The first-order chi connectivity index (χ1) is 8.26. The van der Waals surface area contributed by atoms with Crippen LogP contribution in [-0.4, -0.2) is 14.8 Å². The average molecular weight is 230 g/mol. The number of hydrogen-bond acceptors (Lipinski definition) is 3. The minimum atomic E-state index is 0.565. The molecule has 0 fully saturated rings. The second kappa shape index (κ2) is 5.10. The zero-order valence-corrected chi connectivity index (χ0v) is 10.3. The number of aromatic nitrogens is 3. The van der Waals surface area contributed by atoms with Gasteiger partial charge in [-0.25, -0.2) is 0 Å². The van der Waals surface area contributed by atoms with Crippen LogP contribution in [0.4, 0.5) is 0 Å². The Hall–Kier alpha value is -1.68. The third-order valence-electron chi connectivity index (χ3n) is 3.02. The highest BCUT2D eigenvalue weighted by molar-refractivity contribution is 5.29. The average Bonchev–Trinajstić information content (AvgIpc) is 2.70. The van der Waals surface area contributed by atoms with Crippen LogP contribution in [0.15, 0.2) is 24.3 Å². The maximum absolute atomic E-state index is 5.74. The summed E-state index contributed by atoms with van der Waals surface area (Å²) in [5, 5.41) is 8.35. The summed E-state index contributed by atoms with van der Waals surface area (Å²) in [6, 6.07) is 8.22. The fraction of sp³-hybridized carbons (Fsp3) is 0.385. The molecule has 4 nitrogen and oxygen atoms in total. The molecule has 0 bridgehead atoms. The molecule has 1 aromatic heterocycles. The van der Waals surface area contributed by atoms with Crippen molar-refractivity contribution in [1.82, 2.24) is 14.8 Å². The van der Waals surface area contributed by atoms with E-state index in [4.69, 9.17) is 5.73 Å². The van der Waals surface area contributed by atoms with Crippen molar-refractivity contribution in [2.75, 3.05) is 0 Å². The summed E-state index contributed by atoms with van der Waals surface area (Å²) in [4.78, 5) is 0. The van der Waals surface area contributed by atoms with Gasteiger partial charge in [-0.2, -0.15) is 0 Å². The maximum atomic E-state index is 5.74. The summed E-state index contributed by atoms with van der Waals surface area (Å²) in [6.07, 6.45) is 0.794. The molecule has 2 aromatic rings. The molecule has 90 valence electrons. The Balaban J connectivity index is 2.31. The Morgan fingerprint density at radius 3 is 2.53 bits per heavy atom. The van der Waals surface area contributed by atoms with Gasteiger partial charge in [0.2, 0.25) is 0 Å². The zero-order valence-electron chi connectivity index (χ0n) is 10.3. The third kappa shape index (κ3) is 2.36. The standard InChI is InChI=1S/C13H18N4/c1-3-17-10(2)15-16-13(17)8-11-6-4-5-7-12(11)9-14/h4-7H,3,8-9,14H2,1-2H3. The molecule has 0 spiro atoms. The lowest BCUT2D eigenvalue weighted by Gasteiger charge is -2.08. The van der Waals surface area contributed by atoms with Crippen LogP contribution in [0.2, 0.25) is 0 Å². The van der Waals surface area contributed by atoms with Gasteiger partial charge in [-0.3, -0.25) is 0 Å². The molecule has 0 aliphatic carbocycles. The molecule has 0 radical (unpaired) electrons. The lowest BCUT2D eigenvalue weighted by atomic mass is 10.0. The van der Waals surface area contributed by atoms with Crippen molar-refractivity contribution in [3.63, 3.8) is 0 Å². The summed E-state index contributed by atoms with van der Waals surface area (Å²) in [6.45, 7) is 5.55. The first kappa shape index (κ1) is 11.8. The second-order valence-corrected chi connectivity index (χ2v) is 4.06. The number of benzene rings is 1. The maximum Gasteiger partial charge on any atom is 0.137 e. The van der Waals surface area contributed by atoms with Crippen molar-refractivity contribution < 1.29 is 0 Å². The molecule has 0 unspecified atom stereocenters. The van der Waals surface area contributed by atoms with Gasteiger partial charge in [0.25, 0.3) is 0 Å². The van der Waals surface area contributed by atoms with Gasteiger partial charge in [0.15, 0.2) is 0 Å². The molecular weight excluding hydrogens is 212 g/mol. The van der Waals surface area contributed by atoms with Crippen LogP contribution in [0.25, 0.3) is 0 Å². The number of aryl methyl sites for hydroxylation is 1. The van der Waals surface area contributed by atoms with Gasteiger partial charge in [0.1, 0.15) is 11.6 Å². The van der Waals surface area contributed by atoms with Crippen LogP contribution in [0.1, 0.15) is 29.7 Å². The lowest BCUT2D eigenvalue weighted by Crippen LogP contribution is -2.07. The molecule has 0 atom stereocenters. The Morgan fingerprint density at radius 1 is 1.18 bits per heavy atom. The minimum Gasteiger partial charge on any atom is -0.326 e. The molecule has 0 saturated heterocycles. The molecule has 2 rings (SSSR count). The highest BCUT2D eigenvalue weighted by Gasteiger charge is 2.09. The second-order valence-electron chi connectivity index (χ2n) is 4.06. The van der Waals surface area contributed by atoms with E-state index in [1.54, 1.807) is 0 Å². The van der Waals surface area contributed by atoms with Crippen molar-refractivity contribution in [2.24, 2.45) is 5.73 Å². The van der Waals surface area contributed by atoms with E-state index in [-0.39, 0.29) is 0 Å². The summed E-state index contributed by atoms with van der Waals surface area (Å²) < 4.78 is 2.13. The van der Waals surface area contributed by atoms with Gasteiger partial charge >= 0.3 is 0 Å². The minimum absolute atomic E-state index is 0.565. The fourth-order valence-corrected chi connectivity index (χ4v) is 2.07. The van der Waals surface area contributed by atoms with Gasteiger partial charge in [0, 0.05) is 19.5 Å². The molecular formula is C13H18N4. The van der Waals surface area contributed by atoms with Crippen LogP contribution >= 0.6 is 0 Å². The largest absolute Gasteiger partial charge is 0.326 e. The smallest absolute Gasteiger partial charge is 0.137 e. The predicted octanol–water partition coefficient (Wildman–Crippen LogP) is 1.66. The van der Waals surface area contributed by atoms with Crippen molar-refractivity contribution in [1.29, 1.82) is 0 Å². The van der Waals surface area contributed by atoms with Crippen LogP contribution in [0.3, 0.4) is 0 Å². The van der Waals surface area contributed by atoms with E-state index in [1.165, 1.54) is 11.1 Å². The van der Waals surface area contributed by atoms with Crippen LogP contribution in [0, 0.1) is 6.92 Å². The topological polar surface area (TPSA) is 56.7 Å². The Kier molecular flexibility index (Phi) is 3.54. The molecule has 4 heteroatoms. The van der Waals surface area contributed by atoms with Crippen LogP contribution < -0.4 is 5.73 Å². The van der Waals surface area contributed by atoms with Crippen molar-refractivity contribution in [3.05, 3.63) is 47.0 Å². The van der Waals surface area contributed by atoms with Gasteiger partial charge in [-0.05, 0) is 25.0 Å². The van der Waals surface area contributed by atoms with Crippen molar-refractivity contribution in [3.8, 4) is 0 Å². The van der Waals surface area contributed by atoms with E-state index in [0.29, 0.717) is 6.54 Å². The molecule has 1 heterocycles. The van der Waals surface area contributed by atoms with Crippen molar-refractivity contribution >= 4 is 0 Å². The van der Waals surface area contributed by atoms with Crippen molar-refractivity contribution in [2.45, 2.75) is 33.4 Å². The van der Waals surface area contributed by atoms with Gasteiger partial charge in [0.05, 0.1) is 0 Å². The number of hydrogen-bond donors (Lipinski definition) is 1. The lowest BCUT2D eigenvalue weighted by molar-refractivity contribution is 0.689. The summed E-state index contributed by atoms with van der Waals surface area (Å²) in [5.41, 5.74) is 8.15. The summed E-state index contributed by atoms with van der Waals surface area (Å²) in [5.74, 6) is 1.97. The molecule has 2 N–H and O–H groups in total. The Bertz CT molecular complexity index is 502. The van der Waals surface area contributed by atoms with E-state index in [9.17, 15) is 0 Å². The first-order valence-electron chi connectivity index (χ1n) is 5.91.